The van der Waals surface area contributed by atoms with E-state index in [1.165, 1.54) is 17.4 Å². The van der Waals surface area contributed by atoms with Crippen LogP contribution < -0.4 is 15.7 Å². The molecule has 4 rings (SSSR count). The van der Waals surface area contributed by atoms with Crippen molar-refractivity contribution in [3.05, 3.63) is 80.0 Å². The highest BCUT2D eigenvalue weighted by Crippen LogP contribution is 2.40. The number of aryl methyl sites for hydroxylation is 2. The van der Waals surface area contributed by atoms with Gasteiger partial charge in [0.25, 0.3) is 5.91 Å². The number of rotatable bonds is 7. The summed E-state index contributed by atoms with van der Waals surface area (Å²) in [5.74, 6) is -0.612. The molecular weight excluding hydrogens is 490 g/mol. The Hall–Kier alpha value is -3.62. The number of fused-ring (bicyclic) bond motifs is 1. The quantitative estimate of drug-likeness (QED) is 0.242. The van der Waals surface area contributed by atoms with Crippen molar-refractivity contribution in [2.45, 2.75) is 20.8 Å². The van der Waals surface area contributed by atoms with Crippen molar-refractivity contribution < 1.29 is 23.5 Å². The molecule has 0 aliphatic rings. The summed E-state index contributed by atoms with van der Waals surface area (Å²) < 4.78 is 16.1. The molecule has 1 N–H and O–H groups in total. The normalized spacial score (nSPS) is 10.9. The highest BCUT2D eigenvalue weighted by atomic mass is 35.5. The number of hydrogen-bond donors (Lipinski definition) is 1. The predicted molar refractivity (Wildman–Crippen MR) is 137 cm³/mol. The molecule has 7 nitrogen and oxygen atoms in total. The lowest BCUT2D eigenvalue weighted by atomic mass is 10.0. The van der Waals surface area contributed by atoms with Crippen molar-refractivity contribution in [1.29, 1.82) is 0 Å². The smallest absolute Gasteiger partial charge is 0.341 e. The largest absolute Gasteiger partial charge is 0.484 e. The van der Waals surface area contributed by atoms with E-state index in [9.17, 15) is 14.4 Å². The lowest BCUT2D eigenvalue weighted by Crippen LogP contribution is -2.21. The zero-order valence-electron chi connectivity index (χ0n) is 19.3. The molecule has 1 amide bonds. The molecular formula is C26H22ClNO6S. The number of amides is 1. The second-order valence-corrected chi connectivity index (χ2v) is 9.37. The first-order chi connectivity index (χ1) is 16.8. The zero-order valence-corrected chi connectivity index (χ0v) is 20.8. The Bertz CT molecular complexity index is 1470. The Balaban J connectivity index is 1.56. The van der Waals surface area contributed by atoms with E-state index in [2.05, 4.69) is 5.32 Å². The van der Waals surface area contributed by atoms with E-state index in [0.717, 1.165) is 21.4 Å². The summed E-state index contributed by atoms with van der Waals surface area (Å²) in [5.41, 5.74) is 2.46. The molecule has 35 heavy (non-hydrogen) atoms. The number of nitrogens with one attached hydrogen (secondary N) is 1. The van der Waals surface area contributed by atoms with Gasteiger partial charge in [-0.25, -0.2) is 9.59 Å². The third kappa shape index (κ3) is 5.39. The van der Waals surface area contributed by atoms with E-state index in [0.29, 0.717) is 26.9 Å². The van der Waals surface area contributed by atoms with Crippen molar-refractivity contribution >= 4 is 50.8 Å². The van der Waals surface area contributed by atoms with Crippen LogP contribution in [0.4, 0.5) is 5.00 Å². The van der Waals surface area contributed by atoms with Gasteiger partial charge in [-0.2, -0.15) is 0 Å². The van der Waals surface area contributed by atoms with E-state index >= 15 is 0 Å². The van der Waals surface area contributed by atoms with Crippen molar-refractivity contribution in [2.75, 3.05) is 18.5 Å². The van der Waals surface area contributed by atoms with E-state index < -0.39 is 17.5 Å². The van der Waals surface area contributed by atoms with Crippen LogP contribution in [0.25, 0.3) is 22.1 Å². The van der Waals surface area contributed by atoms with Crippen LogP contribution in [0.2, 0.25) is 5.02 Å². The fourth-order valence-electron chi connectivity index (χ4n) is 3.70. The van der Waals surface area contributed by atoms with Gasteiger partial charge in [-0.1, -0.05) is 23.7 Å². The SMILES string of the molecule is CCOC(=O)c1c(NC(=O)COc2ccc3c(C)cc(=O)oc3c2)sc(C)c1-c1ccc(Cl)cc1. The number of benzene rings is 2. The first-order valence-corrected chi connectivity index (χ1v) is 12.0. The van der Waals surface area contributed by atoms with E-state index in [-0.39, 0.29) is 18.8 Å². The van der Waals surface area contributed by atoms with E-state index in [1.54, 1.807) is 37.3 Å². The van der Waals surface area contributed by atoms with Gasteiger partial charge >= 0.3 is 11.6 Å². The third-order valence-electron chi connectivity index (χ3n) is 5.24. The number of thiophene rings is 1. The van der Waals surface area contributed by atoms with Gasteiger partial charge in [-0.3, -0.25) is 4.79 Å². The number of ether oxygens (including phenoxy) is 2. The molecule has 0 bridgehead atoms. The number of anilines is 1. The number of carbonyl (C=O) groups is 2. The standard InChI is InChI=1S/C26H22ClNO6S/c1-4-32-26(31)24-23(16-5-7-17(27)8-6-16)15(3)35-25(24)28-21(29)13-33-18-9-10-19-14(2)11-22(30)34-20(19)12-18/h5-12H,4,13H2,1-3H3,(H,28,29). The molecule has 0 unspecified atom stereocenters. The Morgan fingerprint density at radius 1 is 1.09 bits per heavy atom. The summed E-state index contributed by atoms with van der Waals surface area (Å²) in [5, 5.41) is 4.51. The minimum atomic E-state index is -0.530. The highest BCUT2D eigenvalue weighted by molar-refractivity contribution is 7.17. The van der Waals surface area contributed by atoms with Crippen LogP contribution >= 0.6 is 22.9 Å². The van der Waals surface area contributed by atoms with Gasteiger partial charge in [-0.15, -0.1) is 11.3 Å². The lowest BCUT2D eigenvalue weighted by Gasteiger charge is -2.10. The van der Waals surface area contributed by atoms with Crippen LogP contribution in [0.3, 0.4) is 0 Å². The Morgan fingerprint density at radius 3 is 2.54 bits per heavy atom. The summed E-state index contributed by atoms with van der Waals surface area (Å²) in [6, 6.07) is 13.5. The van der Waals surface area contributed by atoms with Gasteiger partial charge in [-0.05, 0) is 56.2 Å². The molecule has 0 saturated carbocycles. The first kappa shape index (κ1) is 24.5. The summed E-state index contributed by atoms with van der Waals surface area (Å²) in [6.07, 6.45) is 0. The average molecular weight is 512 g/mol. The Labute approximate surface area is 210 Å². The van der Waals surface area contributed by atoms with E-state index in [4.69, 9.17) is 25.5 Å². The number of halogens is 1. The highest BCUT2D eigenvalue weighted by Gasteiger charge is 2.25. The summed E-state index contributed by atoms with van der Waals surface area (Å²) >= 11 is 7.29. The number of carbonyl (C=O) groups excluding carboxylic acids is 2. The first-order valence-electron chi connectivity index (χ1n) is 10.8. The van der Waals surface area contributed by atoms with Gasteiger partial charge < -0.3 is 19.2 Å². The van der Waals surface area contributed by atoms with Crippen LogP contribution in [-0.2, 0) is 9.53 Å². The maximum absolute atomic E-state index is 12.8. The molecule has 0 fully saturated rings. The molecule has 2 aromatic carbocycles. The van der Waals surface area contributed by atoms with Crippen LogP contribution in [-0.4, -0.2) is 25.1 Å². The number of esters is 1. The lowest BCUT2D eigenvalue weighted by molar-refractivity contribution is -0.118. The Kier molecular flexibility index (Phi) is 7.23. The van der Waals surface area contributed by atoms with E-state index in [1.807, 2.05) is 26.0 Å². The molecule has 4 aromatic rings. The third-order valence-corrected chi connectivity index (χ3v) is 6.52. The fourth-order valence-corrected chi connectivity index (χ4v) is 4.91. The number of hydrogen-bond acceptors (Lipinski definition) is 7. The van der Waals surface area contributed by atoms with Gasteiger partial charge in [0.15, 0.2) is 6.61 Å². The molecule has 0 aliphatic carbocycles. The average Bonchev–Trinajstić information content (AvgIpc) is 3.13. The van der Waals surface area contributed by atoms with Crippen molar-refractivity contribution in [3.8, 4) is 16.9 Å². The van der Waals surface area contributed by atoms with Crippen LogP contribution in [0.5, 0.6) is 5.75 Å². The minimum Gasteiger partial charge on any atom is -0.484 e. The fraction of sp³-hybridized carbons (Fsp3) is 0.192. The summed E-state index contributed by atoms with van der Waals surface area (Å²) in [6.45, 7) is 5.29. The molecule has 0 spiro atoms. The maximum Gasteiger partial charge on any atom is 0.341 e. The van der Waals surface area contributed by atoms with Gasteiger partial charge in [0.1, 0.15) is 21.9 Å². The zero-order chi connectivity index (χ0) is 25.1. The Morgan fingerprint density at radius 2 is 1.83 bits per heavy atom. The molecule has 0 saturated heterocycles. The molecule has 0 radical (unpaired) electrons. The van der Waals surface area contributed by atoms with Gasteiger partial charge in [0.05, 0.1) is 6.61 Å². The monoisotopic (exact) mass is 511 g/mol. The van der Waals surface area contributed by atoms with Crippen LogP contribution in [0.15, 0.2) is 57.7 Å². The second kappa shape index (κ2) is 10.3. The summed E-state index contributed by atoms with van der Waals surface area (Å²) in [7, 11) is 0. The minimum absolute atomic E-state index is 0.196. The van der Waals surface area contributed by atoms with Crippen LogP contribution in [0.1, 0.15) is 27.7 Å². The molecule has 180 valence electrons. The van der Waals surface area contributed by atoms with Gasteiger partial charge in [0.2, 0.25) is 0 Å². The topological polar surface area (TPSA) is 94.8 Å². The van der Waals surface area contributed by atoms with Gasteiger partial charge in [0, 0.05) is 33.0 Å². The molecule has 2 aromatic heterocycles. The molecule has 0 atom stereocenters. The second-order valence-electron chi connectivity index (χ2n) is 7.71. The molecule has 9 heteroatoms. The summed E-state index contributed by atoms with van der Waals surface area (Å²) in [4.78, 5) is 38.0. The maximum atomic E-state index is 12.8. The van der Waals surface area contributed by atoms with Crippen molar-refractivity contribution in [1.82, 2.24) is 0 Å². The molecule has 2 heterocycles. The predicted octanol–water partition coefficient (Wildman–Crippen LogP) is 5.99. The van der Waals surface area contributed by atoms with Crippen LogP contribution in [0, 0.1) is 13.8 Å². The molecule has 0 aliphatic heterocycles. The van der Waals surface area contributed by atoms with Crippen molar-refractivity contribution in [2.24, 2.45) is 0 Å². The van der Waals surface area contributed by atoms with Crippen molar-refractivity contribution in [3.63, 3.8) is 0 Å².